The van der Waals surface area contributed by atoms with Crippen LogP contribution in [0.5, 0.6) is 5.75 Å². The van der Waals surface area contributed by atoms with Crippen LogP contribution in [0.4, 0.5) is 4.39 Å². The summed E-state index contributed by atoms with van der Waals surface area (Å²) in [6.07, 6.45) is 2.40. The third-order valence-corrected chi connectivity index (χ3v) is 3.62. The summed E-state index contributed by atoms with van der Waals surface area (Å²) in [6.45, 7) is 0. The highest BCUT2D eigenvalue weighted by Crippen LogP contribution is 2.41. The zero-order chi connectivity index (χ0) is 13.2. The normalized spacial score (nSPS) is 18.4. The van der Waals surface area contributed by atoms with E-state index in [1.54, 1.807) is 0 Å². The van der Waals surface area contributed by atoms with E-state index < -0.39 is 11.2 Å². The van der Waals surface area contributed by atoms with Crippen LogP contribution in [0.2, 0.25) is 0 Å². The van der Waals surface area contributed by atoms with Gasteiger partial charge < -0.3 is 9.53 Å². The summed E-state index contributed by atoms with van der Waals surface area (Å²) >= 11 is 0. The van der Waals surface area contributed by atoms with Gasteiger partial charge in [-0.2, -0.15) is 0 Å². The Balaban J connectivity index is 2.46. The Morgan fingerprint density at radius 2 is 2.00 bits per heavy atom. The number of benzene rings is 1. The van der Waals surface area contributed by atoms with Gasteiger partial charge in [0.05, 0.1) is 12.5 Å². The van der Waals surface area contributed by atoms with Gasteiger partial charge in [-0.25, -0.2) is 4.39 Å². The molecule has 1 fully saturated rings. The molecule has 0 heterocycles. The standard InChI is InChI=1S/C14H15FO3/c1-18-13-3-2-10(15)8-12(13)14(9-16)6-4-11(17)5-7-14/h2-3,8-9H,4-7H2,1H3. The van der Waals surface area contributed by atoms with Gasteiger partial charge in [0.15, 0.2) is 0 Å². The van der Waals surface area contributed by atoms with Gasteiger partial charge in [-0.15, -0.1) is 0 Å². The minimum Gasteiger partial charge on any atom is -0.496 e. The molecule has 0 saturated heterocycles. The van der Waals surface area contributed by atoms with Gasteiger partial charge in [0.2, 0.25) is 0 Å². The minimum atomic E-state index is -0.790. The number of ketones is 1. The first-order valence-electron chi connectivity index (χ1n) is 5.93. The number of hydrogen-bond acceptors (Lipinski definition) is 3. The molecule has 0 spiro atoms. The summed E-state index contributed by atoms with van der Waals surface area (Å²) in [6, 6.07) is 4.16. The fourth-order valence-electron chi connectivity index (χ4n) is 2.49. The second kappa shape index (κ2) is 4.88. The molecular weight excluding hydrogens is 235 g/mol. The lowest BCUT2D eigenvalue weighted by Gasteiger charge is -2.32. The molecule has 4 heteroatoms. The van der Waals surface area contributed by atoms with E-state index in [9.17, 15) is 14.0 Å². The minimum absolute atomic E-state index is 0.155. The Morgan fingerprint density at radius 3 is 2.56 bits per heavy atom. The molecule has 2 rings (SSSR count). The molecule has 0 aliphatic heterocycles. The monoisotopic (exact) mass is 250 g/mol. The maximum absolute atomic E-state index is 13.4. The van der Waals surface area contributed by atoms with Crippen molar-refractivity contribution >= 4 is 12.1 Å². The number of Topliss-reactive ketones (excluding diaryl/α,β-unsaturated/α-hetero) is 1. The highest BCUT2D eigenvalue weighted by atomic mass is 19.1. The van der Waals surface area contributed by atoms with E-state index in [0.717, 1.165) is 6.29 Å². The van der Waals surface area contributed by atoms with Gasteiger partial charge in [-0.3, -0.25) is 4.79 Å². The van der Waals surface area contributed by atoms with Crippen molar-refractivity contribution < 1.29 is 18.7 Å². The largest absolute Gasteiger partial charge is 0.496 e. The number of carbonyl (C=O) groups is 2. The highest BCUT2D eigenvalue weighted by Gasteiger charge is 2.38. The van der Waals surface area contributed by atoms with Gasteiger partial charge in [0.1, 0.15) is 23.6 Å². The number of ether oxygens (including phenoxy) is 1. The summed E-state index contributed by atoms with van der Waals surface area (Å²) in [5.41, 5.74) is -0.242. The van der Waals surface area contributed by atoms with Crippen molar-refractivity contribution in [2.75, 3.05) is 7.11 Å². The van der Waals surface area contributed by atoms with Crippen LogP contribution in [0.3, 0.4) is 0 Å². The van der Waals surface area contributed by atoms with Crippen molar-refractivity contribution in [1.29, 1.82) is 0 Å². The Labute approximate surface area is 105 Å². The maximum atomic E-state index is 13.4. The van der Waals surface area contributed by atoms with Gasteiger partial charge in [0, 0.05) is 18.4 Å². The number of hydrogen-bond donors (Lipinski definition) is 0. The van der Waals surface area contributed by atoms with Crippen molar-refractivity contribution in [3.63, 3.8) is 0 Å². The molecular formula is C14H15FO3. The zero-order valence-corrected chi connectivity index (χ0v) is 10.2. The van der Waals surface area contributed by atoms with Crippen molar-refractivity contribution in [2.24, 2.45) is 0 Å². The van der Waals surface area contributed by atoms with Gasteiger partial charge >= 0.3 is 0 Å². The second-order valence-electron chi connectivity index (χ2n) is 4.66. The van der Waals surface area contributed by atoms with Crippen LogP contribution in [-0.4, -0.2) is 19.2 Å². The Kier molecular flexibility index (Phi) is 3.45. The predicted molar refractivity (Wildman–Crippen MR) is 64.2 cm³/mol. The molecule has 0 radical (unpaired) electrons. The predicted octanol–water partition coefficient (Wildman–Crippen LogP) is 2.41. The summed E-state index contributed by atoms with van der Waals surface area (Å²) in [4.78, 5) is 22.8. The number of aldehydes is 1. The number of rotatable bonds is 3. The SMILES string of the molecule is COc1ccc(F)cc1C1(C=O)CCC(=O)CC1. The first-order valence-corrected chi connectivity index (χ1v) is 5.93. The van der Waals surface area contributed by atoms with Crippen LogP contribution in [0, 0.1) is 5.82 Å². The van der Waals surface area contributed by atoms with E-state index in [2.05, 4.69) is 0 Å². The fourth-order valence-corrected chi connectivity index (χ4v) is 2.49. The molecule has 1 aliphatic rings. The molecule has 0 amide bonds. The second-order valence-corrected chi connectivity index (χ2v) is 4.66. The van der Waals surface area contributed by atoms with Crippen LogP contribution >= 0.6 is 0 Å². The lowest BCUT2D eigenvalue weighted by molar-refractivity contribution is -0.123. The Morgan fingerprint density at radius 1 is 1.33 bits per heavy atom. The van der Waals surface area contributed by atoms with Crippen molar-refractivity contribution in [3.05, 3.63) is 29.6 Å². The average molecular weight is 250 g/mol. The molecule has 1 aliphatic carbocycles. The van der Waals surface area contributed by atoms with Crippen LogP contribution in [-0.2, 0) is 15.0 Å². The summed E-state index contributed by atoms with van der Waals surface area (Å²) in [5.74, 6) is 0.254. The highest BCUT2D eigenvalue weighted by molar-refractivity contribution is 5.83. The molecule has 3 nitrogen and oxygen atoms in total. The quantitative estimate of drug-likeness (QED) is 0.774. The first-order chi connectivity index (χ1) is 8.61. The summed E-state index contributed by atoms with van der Waals surface area (Å²) < 4.78 is 18.6. The van der Waals surface area contributed by atoms with Crippen molar-refractivity contribution in [2.45, 2.75) is 31.1 Å². The van der Waals surface area contributed by atoms with E-state index >= 15 is 0 Å². The molecule has 0 atom stereocenters. The lowest BCUT2D eigenvalue weighted by Crippen LogP contribution is -2.34. The van der Waals surface area contributed by atoms with Gasteiger partial charge in [-0.05, 0) is 31.0 Å². The number of halogens is 1. The van der Waals surface area contributed by atoms with E-state index in [1.807, 2.05) is 0 Å². The van der Waals surface area contributed by atoms with E-state index in [0.29, 0.717) is 37.0 Å². The van der Waals surface area contributed by atoms with Gasteiger partial charge in [0.25, 0.3) is 0 Å². The van der Waals surface area contributed by atoms with E-state index in [1.165, 1.54) is 25.3 Å². The molecule has 0 N–H and O–H groups in total. The van der Waals surface area contributed by atoms with Crippen molar-refractivity contribution in [3.8, 4) is 5.75 Å². The molecule has 96 valence electrons. The van der Waals surface area contributed by atoms with Gasteiger partial charge in [-0.1, -0.05) is 0 Å². The lowest BCUT2D eigenvalue weighted by atomic mass is 9.70. The summed E-state index contributed by atoms with van der Waals surface area (Å²) in [5, 5.41) is 0. The fraction of sp³-hybridized carbons (Fsp3) is 0.429. The van der Waals surface area contributed by atoms with Crippen molar-refractivity contribution in [1.82, 2.24) is 0 Å². The molecule has 18 heavy (non-hydrogen) atoms. The molecule has 0 unspecified atom stereocenters. The average Bonchev–Trinajstić information content (AvgIpc) is 2.40. The number of carbonyl (C=O) groups excluding carboxylic acids is 2. The molecule has 1 aromatic carbocycles. The van der Waals surface area contributed by atoms with Crippen LogP contribution < -0.4 is 4.74 Å². The molecule has 1 aromatic rings. The van der Waals surface area contributed by atoms with Crippen LogP contribution in [0.15, 0.2) is 18.2 Å². The maximum Gasteiger partial charge on any atom is 0.133 e. The Hall–Kier alpha value is -1.71. The third kappa shape index (κ3) is 2.15. The third-order valence-electron chi connectivity index (χ3n) is 3.62. The molecule has 1 saturated carbocycles. The van der Waals surface area contributed by atoms with Crippen LogP contribution in [0.25, 0.3) is 0 Å². The first kappa shape index (κ1) is 12.7. The van der Waals surface area contributed by atoms with E-state index in [4.69, 9.17) is 4.74 Å². The smallest absolute Gasteiger partial charge is 0.133 e. The molecule has 0 aromatic heterocycles. The Bertz CT molecular complexity index is 472. The van der Waals surface area contributed by atoms with E-state index in [-0.39, 0.29) is 5.78 Å². The van der Waals surface area contributed by atoms with Crippen LogP contribution in [0.1, 0.15) is 31.2 Å². The number of methoxy groups -OCH3 is 1. The molecule has 0 bridgehead atoms. The summed E-state index contributed by atoms with van der Waals surface area (Å²) in [7, 11) is 1.49. The zero-order valence-electron chi connectivity index (χ0n) is 10.2. The topological polar surface area (TPSA) is 43.4 Å².